The molecule has 1 amide bonds. The normalized spacial score (nSPS) is 21.0. The standard InChI is InChI=1S/C20H26F6N2O2/c1-4-12(3)30-18(29)28-11-16(9-17(28)5-2)27-10-13-6-14(19(21,22)23)8-15(7-13)20(24,25)26/h6-8,12,16-17,27H,4-5,9-11H2,1-3H3/t12?,16-,17+/m0/s1. The fraction of sp³-hybridized carbons (Fsp3) is 0.650. The average Bonchev–Trinajstić information content (AvgIpc) is 3.08. The largest absolute Gasteiger partial charge is 0.446 e. The Labute approximate surface area is 171 Å². The Bertz CT molecular complexity index is 703. The van der Waals surface area contributed by atoms with Gasteiger partial charge in [-0.3, -0.25) is 0 Å². The second-order valence-electron chi connectivity index (χ2n) is 7.54. The molecule has 1 heterocycles. The Balaban J connectivity index is 2.10. The van der Waals surface area contributed by atoms with Crippen LogP contribution in [0.15, 0.2) is 18.2 Å². The van der Waals surface area contributed by atoms with E-state index in [1.165, 1.54) is 0 Å². The molecular formula is C20H26F6N2O2. The van der Waals surface area contributed by atoms with Crippen molar-refractivity contribution in [1.29, 1.82) is 0 Å². The van der Waals surface area contributed by atoms with Gasteiger partial charge in [0, 0.05) is 25.2 Å². The summed E-state index contributed by atoms with van der Waals surface area (Å²) in [5.41, 5.74) is -2.80. The average molecular weight is 440 g/mol. The van der Waals surface area contributed by atoms with Crippen LogP contribution in [0.25, 0.3) is 0 Å². The van der Waals surface area contributed by atoms with E-state index in [1.54, 1.807) is 11.8 Å². The van der Waals surface area contributed by atoms with E-state index < -0.39 is 29.6 Å². The van der Waals surface area contributed by atoms with E-state index >= 15 is 0 Å². The lowest BCUT2D eigenvalue weighted by atomic mass is 10.0. The van der Waals surface area contributed by atoms with Gasteiger partial charge in [-0.05, 0) is 49.9 Å². The molecular weight excluding hydrogens is 414 g/mol. The van der Waals surface area contributed by atoms with Gasteiger partial charge in [0.15, 0.2) is 0 Å². The van der Waals surface area contributed by atoms with Crippen LogP contribution < -0.4 is 5.32 Å². The molecule has 0 aromatic heterocycles. The molecule has 1 aromatic carbocycles. The molecule has 1 fully saturated rings. The first-order valence-corrected chi connectivity index (χ1v) is 9.84. The van der Waals surface area contributed by atoms with Gasteiger partial charge < -0.3 is 15.0 Å². The van der Waals surface area contributed by atoms with E-state index in [4.69, 9.17) is 4.74 Å². The molecule has 1 N–H and O–H groups in total. The zero-order chi connectivity index (χ0) is 22.7. The molecule has 1 saturated heterocycles. The lowest BCUT2D eigenvalue weighted by molar-refractivity contribution is -0.143. The summed E-state index contributed by atoms with van der Waals surface area (Å²) in [6.45, 7) is 5.66. The van der Waals surface area contributed by atoms with Crippen LogP contribution in [0.4, 0.5) is 31.1 Å². The van der Waals surface area contributed by atoms with Crippen molar-refractivity contribution in [3.05, 3.63) is 34.9 Å². The van der Waals surface area contributed by atoms with Gasteiger partial charge in [0.2, 0.25) is 0 Å². The summed E-state index contributed by atoms with van der Waals surface area (Å²) in [5.74, 6) is 0. The van der Waals surface area contributed by atoms with E-state index in [2.05, 4.69) is 5.32 Å². The maximum atomic E-state index is 13.0. The minimum absolute atomic E-state index is 0.105. The number of likely N-dealkylation sites (tertiary alicyclic amines) is 1. The molecule has 0 radical (unpaired) electrons. The Morgan fingerprint density at radius 2 is 1.70 bits per heavy atom. The predicted octanol–water partition coefficient (Wildman–Crippen LogP) is 5.60. The molecule has 4 nitrogen and oxygen atoms in total. The Morgan fingerprint density at radius 1 is 1.13 bits per heavy atom. The monoisotopic (exact) mass is 440 g/mol. The number of halogens is 6. The Kier molecular flexibility index (Phi) is 7.65. The van der Waals surface area contributed by atoms with E-state index in [1.807, 2.05) is 13.8 Å². The van der Waals surface area contributed by atoms with E-state index in [-0.39, 0.29) is 42.9 Å². The molecule has 170 valence electrons. The van der Waals surface area contributed by atoms with Crippen molar-refractivity contribution in [3.63, 3.8) is 0 Å². The first kappa shape index (κ1) is 24.3. The first-order valence-electron chi connectivity index (χ1n) is 9.84. The topological polar surface area (TPSA) is 41.6 Å². The smallest absolute Gasteiger partial charge is 0.416 e. The van der Waals surface area contributed by atoms with Gasteiger partial charge in [0.1, 0.15) is 6.10 Å². The number of ether oxygens (including phenoxy) is 1. The van der Waals surface area contributed by atoms with E-state index in [0.29, 0.717) is 31.4 Å². The molecule has 0 saturated carbocycles. The zero-order valence-electron chi connectivity index (χ0n) is 17.0. The molecule has 0 spiro atoms. The molecule has 0 bridgehead atoms. The number of amides is 1. The zero-order valence-corrected chi connectivity index (χ0v) is 17.0. The second kappa shape index (κ2) is 9.45. The van der Waals surface area contributed by atoms with Crippen LogP contribution in [-0.4, -0.2) is 35.7 Å². The molecule has 3 atom stereocenters. The Hall–Kier alpha value is -1.97. The summed E-state index contributed by atoms with van der Waals surface area (Å²) in [4.78, 5) is 13.9. The number of rotatable bonds is 6. The minimum atomic E-state index is -4.88. The van der Waals surface area contributed by atoms with Gasteiger partial charge in [-0.1, -0.05) is 13.8 Å². The summed E-state index contributed by atoms with van der Waals surface area (Å²) in [7, 11) is 0. The van der Waals surface area contributed by atoms with Crippen molar-refractivity contribution in [2.24, 2.45) is 0 Å². The molecule has 2 rings (SSSR count). The molecule has 0 aliphatic carbocycles. The SMILES string of the molecule is CCC(C)OC(=O)N1C[C@@H](NCc2cc(C(F)(F)F)cc(C(F)(F)F)c2)C[C@H]1CC. The minimum Gasteiger partial charge on any atom is -0.446 e. The maximum absolute atomic E-state index is 13.0. The van der Waals surface area contributed by atoms with Crippen molar-refractivity contribution in [2.45, 2.75) is 77.1 Å². The molecule has 10 heteroatoms. The van der Waals surface area contributed by atoms with Crippen LogP contribution in [0.5, 0.6) is 0 Å². The highest BCUT2D eigenvalue weighted by molar-refractivity contribution is 5.68. The van der Waals surface area contributed by atoms with Crippen LogP contribution in [-0.2, 0) is 23.6 Å². The quantitative estimate of drug-likeness (QED) is 0.586. The third-order valence-electron chi connectivity index (χ3n) is 5.24. The number of carbonyl (C=O) groups excluding carboxylic acids is 1. The molecule has 30 heavy (non-hydrogen) atoms. The number of hydrogen-bond donors (Lipinski definition) is 1. The summed E-state index contributed by atoms with van der Waals surface area (Å²) in [5, 5.41) is 2.99. The van der Waals surface area contributed by atoms with Crippen molar-refractivity contribution >= 4 is 6.09 Å². The van der Waals surface area contributed by atoms with Gasteiger partial charge in [0.05, 0.1) is 11.1 Å². The summed E-state index contributed by atoms with van der Waals surface area (Å²) in [6.07, 6.45) is -8.60. The van der Waals surface area contributed by atoms with E-state index in [0.717, 1.165) is 0 Å². The first-order chi connectivity index (χ1) is 13.8. The van der Waals surface area contributed by atoms with E-state index in [9.17, 15) is 31.1 Å². The highest BCUT2D eigenvalue weighted by atomic mass is 19.4. The summed E-state index contributed by atoms with van der Waals surface area (Å²) < 4.78 is 83.4. The van der Waals surface area contributed by atoms with Crippen LogP contribution in [0, 0.1) is 0 Å². The number of benzene rings is 1. The van der Waals surface area contributed by atoms with Crippen molar-refractivity contribution in [3.8, 4) is 0 Å². The highest BCUT2D eigenvalue weighted by Gasteiger charge is 2.38. The van der Waals surface area contributed by atoms with Gasteiger partial charge >= 0.3 is 18.4 Å². The number of alkyl halides is 6. The molecule has 1 aromatic rings. The lowest BCUT2D eigenvalue weighted by Crippen LogP contribution is -2.39. The van der Waals surface area contributed by atoms with Crippen molar-refractivity contribution in [1.82, 2.24) is 10.2 Å². The number of carbonyl (C=O) groups is 1. The van der Waals surface area contributed by atoms with Gasteiger partial charge in [-0.25, -0.2) is 4.79 Å². The van der Waals surface area contributed by atoms with Crippen LogP contribution >= 0.6 is 0 Å². The second-order valence-corrected chi connectivity index (χ2v) is 7.54. The molecule has 1 aliphatic rings. The highest BCUT2D eigenvalue weighted by Crippen LogP contribution is 2.36. The number of nitrogens with zero attached hydrogens (tertiary/aromatic N) is 1. The molecule has 1 aliphatic heterocycles. The van der Waals surface area contributed by atoms with Crippen LogP contribution in [0.3, 0.4) is 0 Å². The number of nitrogens with one attached hydrogen (secondary N) is 1. The fourth-order valence-electron chi connectivity index (χ4n) is 3.38. The van der Waals surface area contributed by atoms with Gasteiger partial charge in [0.25, 0.3) is 0 Å². The Morgan fingerprint density at radius 3 is 2.17 bits per heavy atom. The third kappa shape index (κ3) is 6.26. The summed E-state index contributed by atoms with van der Waals surface area (Å²) in [6, 6.07) is 1.17. The fourth-order valence-corrected chi connectivity index (χ4v) is 3.38. The molecule has 1 unspecified atom stereocenters. The van der Waals surface area contributed by atoms with Crippen LogP contribution in [0.2, 0.25) is 0 Å². The van der Waals surface area contributed by atoms with Gasteiger partial charge in [-0.2, -0.15) is 26.3 Å². The third-order valence-corrected chi connectivity index (χ3v) is 5.24. The van der Waals surface area contributed by atoms with Crippen molar-refractivity contribution in [2.75, 3.05) is 6.54 Å². The van der Waals surface area contributed by atoms with Gasteiger partial charge in [-0.15, -0.1) is 0 Å². The number of hydrogen-bond acceptors (Lipinski definition) is 3. The van der Waals surface area contributed by atoms with Crippen molar-refractivity contribution < 1.29 is 35.9 Å². The predicted molar refractivity (Wildman–Crippen MR) is 98.7 cm³/mol. The summed E-state index contributed by atoms with van der Waals surface area (Å²) >= 11 is 0. The van der Waals surface area contributed by atoms with Crippen LogP contribution in [0.1, 0.15) is 56.7 Å². The lowest BCUT2D eigenvalue weighted by Gasteiger charge is -2.24. The maximum Gasteiger partial charge on any atom is 0.416 e.